The van der Waals surface area contributed by atoms with E-state index in [1.165, 1.54) is 24.3 Å². The number of hydrogen-bond acceptors (Lipinski definition) is 3. The Hall–Kier alpha value is -0.790. The molecule has 16 heavy (non-hydrogen) atoms. The Labute approximate surface area is 94.9 Å². The van der Waals surface area contributed by atoms with Crippen LogP contribution in [0.15, 0.2) is 30.3 Å². The Morgan fingerprint density at radius 1 is 1.19 bits per heavy atom. The summed E-state index contributed by atoms with van der Waals surface area (Å²) in [7, 11) is -5.68. The van der Waals surface area contributed by atoms with E-state index in [-0.39, 0.29) is 5.56 Å². The second kappa shape index (κ2) is 4.60. The van der Waals surface area contributed by atoms with E-state index in [0.29, 0.717) is 0 Å². The molecule has 1 unspecified atom stereocenters. The van der Waals surface area contributed by atoms with Crippen molar-refractivity contribution in [2.24, 2.45) is 0 Å². The van der Waals surface area contributed by atoms with Gasteiger partial charge in [-0.1, -0.05) is 41.9 Å². The molecule has 8 heteroatoms. The van der Waals surface area contributed by atoms with Gasteiger partial charge in [-0.2, -0.15) is 21.6 Å². The minimum absolute atomic E-state index is 0.122. The normalized spacial score (nSPS) is 14.8. The lowest BCUT2D eigenvalue weighted by Crippen LogP contribution is -2.26. The molecule has 0 aliphatic carbocycles. The lowest BCUT2D eigenvalue weighted by atomic mass is 10.2. The summed E-state index contributed by atoms with van der Waals surface area (Å²) in [6.07, 6.45) is 0. The van der Waals surface area contributed by atoms with Crippen LogP contribution in [0.4, 0.5) is 13.2 Å². The molecule has 0 aliphatic heterocycles. The van der Waals surface area contributed by atoms with Crippen LogP contribution in [-0.4, -0.2) is 13.9 Å². The number of rotatable bonds is 3. The second-order valence-electron chi connectivity index (χ2n) is 2.72. The Morgan fingerprint density at radius 3 is 2.12 bits per heavy atom. The van der Waals surface area contributed by atoms with Crippen LogP contribution in [-0.2, 0) is 14.3 Å². The van der Waals surface area contributed by atoms with Crippen LogP contribution in [0.3, 0.4) is 0 Å². The van der Waals surface area contributed by atoms with Crippen molar-refractivity contribution in [3.05, 3.63) is 35.9 Å². The highest BCUT2D eigenvalue weighted by Crippen LogP contribution is 2.31. The van der Waals surface area contributed by atoms with Gasteiger partial charge in [0.05, 0.1) is 0 Å². The molecule has 0 spiro atoms. The zero-order chi connectivity index (χ0) is 12.4. The molecular weight excluding hydrogens is 269 g/mol. The summed E-state index contributed by atoms with van der Waals surface area (Å²) < 4.78 is 60.8. The van der Waals surface area contributed by atoms with E-state index >= 15 is 0 Å². The van der Waals surface area contributed by atoms with Gasteiger partial charge in [-0.3, -0.25) is 0 Å². The third-order valence-electron chi connectivity index (χ3n) is 1.56. The maximum atomic E-state index is 11.9. The molecule has 1 rings (SSSR count). The summed E-state index contributed by atoms with van der Waals surface area (Å²) in [5.41, 5.74) is -7.06. The third-order valence-corrected chi connectivity index (χ3v) is 3.02. The fourth-order valence-corrected chi connectivity index (χ4v) is 1.70. The molecule has 0 radical (unpaired) electrons. The molecule has 0 amide bonds. The van der Waals surface area contributed by atoms with Gasteiger partial charge in [-0.25, -0.2) is 4.18 Å². The maximum Gasteiger partial charge on any atom is 0.523 e. The average molecular weight is 275 g/mol. The van der Waals surface area contributed by atoms with Gasteiger partial charge in [0.1, 0.15) is 0 Å². The summed E-state index contributed by atoms with van der Waals surface area (Å²) in [6, 6.07) is 7.29. The summed E-state index contributed by atoms with van der Waals surface area (Å²) in [4.78, 5) is 0. The van der Waals surface area contributed by atoms with Crippen LogP contribution in [0.1, 0.15) is 11.1 Å². The van der Waals surface area contributed by atoms with Gasteiger partial charge in [-0.15, -0.1) is 0 Å². The molecule has 90 valence electrons. The molecule has 0 fully saturated rings. The van der Waals surface area contributed by atoms with Crippen LogP contribution in [0.2, 0.25) is 0 Å². The zero-order valence-electron chi connectivity index (χ0n) is 7.61. The highest BCUT2D eigenvalue weighted by atomic mass is 35.5. The Bertz CT molecular complexity index is 443. The van der Waals surface area contributed by atoms with Crippen molar-refractivity contribution in [2.75, 3.05) is 0 Å². The summed E-state index contributed by atoms with van der Waals surface area (Å²) >= 11 is 5.40. The van der Waals surface area contributed by atoms with E-state index < -0.39 is 21.2 Å². The minimum atomic E-state index is -5.68. The van der Waals surface area contributed by atoms with E-state index in [4.69, 9.17) is 11.6 Å². The van der Waals surface area contributed by atoms with E-state index in [0.717, 1.165) is 0 Å². The topological polar surface area (TPSA) is 43.4 Å². The first-order valence-electron chi connectivity index (χ1n) is 3.92. The monoisotopic (exact) mass is 274 g/mol. The molecule has 3 nitrogen and oxygen atoms in total. The smallest absolute Gasteiger partial charge is 0.239 e. The van der Waals surface area contributed by atoms with E-state index in [1.54, 1.807) is 6.07 Å². The van der Waals surface area contributed by atoms with E-state index in [1.807, 2.05) is 0 Å². The first kappa shape index (κ1) is 13.3. The second-order valence-corrected chi connectivity index (χ2v) is 4.68. The highest BCUT2D eigenvalue weighted by Gasteiger charge is 2.48. The summed E-state index contributed by atoms with van der Waals surface area (Å²) in [5, 5.41) is 0. The average Bonchev–Trinajstić information content (AvgIpc) is 2.16. The molecule has 0 saturated heterocycles. The number of benzene rings is 1. The Balaban J connectivity index is 2.85. The van der Waals surface area contributed by atoms with Crippen LogP contribution in [0.5, 0.6) is 0 Å². The molecule has 1 aromatic rings. The van der Waals surface area contributed by atoms with Crippen molar-refractivity contribution < 1.29 is 25.8 Å². The van der Waals surface area contributed by atoms with Crippen LogP contribution >= 0.6 is 11.6 Å². The van der Waals surface area contributed by atoms with Gasteiger partial charge in [0.15, 0.2) is 5.56 Å². The van der Waals surface area contributed by atoms with E-state index in [9.17, 15) is 21.6 Å². The minimum Gasteiger partial charge on any atom is -0.239 e. The molecular formula is C8H6ClF3O3S. The molecule has 0 aromatic heterocycles. The highest BCUT2D eigenvalue weighted by molar-refractivity contribution is 7.87. The van der Waals surface area contributed by atoms with E-state index in [2.05, 4.69) is 4.18 Å². The molecule has 0 bridgehead atoms. The maximum absolute atomic E-state index is 11.9. The Kier molecular flexibility index (Phi) is 3.82. The first-order chi connectivity index (χ1) is 7.24. The third kappa shape index (κ3) is 3.10. The van der Waals surface area contributed by atoms with Gasteiger partial charge in [0.2, 0.25) is 0 Å². The molecule has 0 heterocycles. The summed E-state index contributed by atoms with van der Waals surface area (Å²) in [6.45, 7) is 0. The fraction of sp³-hybridized carbons (Fsp3) is 0.250. The number of halogens is 4. The Morgan fingerprint density at radius 2 is 1.69 bits per heavy atom. The van der Waals surface area contributed by atoms with Gasteiger partial charge in [0, 0.05) is 0 Å². The van der Waals surface area contributed by atoms with Gasteiger partial charge in [0.25, 0.3) is 0 Å². The van der Waals surface area contributed by atoms with Crippen LogP contribution < -0.4 is 0 Å². The largest absolute Gasteiger partial charge is 0.523 e. The summed E-state index contributed by atoms with van der Waals surface area (Å²) in [5.74, 6) is 0. The van der Waals surface area contributed by atoms with Gasteiger partial charge < -0.3 is 0 Å². The number of alkyl halides is 4. The van der Waals surface area contributed by atoms with Crippen molar-refractivity contribution in [2.45, 2.75) is 11.1 Å². The van der Waals surface area contributed by atoms with Crippen molar-refractivity contribution in [1.29, 1.82) is 0 Å². The van der Waals surface area contributed by atoms with Crippen molar-refractivity contribution >= 4 is 21.7 Å². The molecule has 0 saturated carbocycles. The fourth-order valence-electron chi connectivity index (χ4n) is 0.826. The lowest BCUT2D eigenvalue weighted by molar-refractivity contribution is -0.0552. The molecule has 0 aliphatic rings. The van der Waals surface area contributed by atoms with Gasteiger partial charge >= 0.3 is 15.6 Å². The quantitative estimate of drug-likeness (QED) is 0.484. The number of hydrogen-bond donors (Lipinski definition) is 0. The van der Waals surface area contributed by atoms with Crippen LogP contribution in [0, 0.1) is 0 Å². The van der Waals surface area contributed by atoms with Gasteiger partial charge in [-0.05, 0) is 5.56 Å². The predicted octanol–water partition coefficient (Wildman–Crippen LogP) is 2.79. The zero-order valence-corrected chi connectivity index (χ0v) is 9.18. The van der Waals surface area contributed by atoms with Crippen molar-refractivity contribution in [3.63, 3.8) is 0 Å². The lowest BCUT2D eigenvalue weighted by Gasteiger charge is -2.12. The SMILES string of the molecule is O=S(=O)(OC(Cl)c1ccccc1)C(F)(F)F. The van der Waals surface area contributed by atoms with Crippen molar-refractivity contribution in [3.8, 4) is 0 Å². The standard InChI is InChI=1S/C8H6ClF3O3S/c9-7(6-4-2-1-3-5-6)15-16(13,14)8(10,11)12/h1-5,7H. The molecule has 1 atom stereocenters. The predicted molar refractivity (Wildman–Crippen MR) is 51.1 cm³/mol. The van der Waals surface area contributed by atoms with Crippen LogP contribution in [0.25, 0.3) is 0 Å². The first-order valence-corrected chi connectivity index (χ1v) is 5.77. The molecule has 1 aromatic carbocycles. The van der Waals surface area contributed by atoms with Crippen molar-refractivity contribution in [1.82, 2.24) is 0 Å². The molecule has 0 N–H and O–H groups in total.